The summed E-state index contributed by atoms with van der Waals surface area (Å²) in [6, 6.07) is 0.873. The molecule has 3 fully saturated rings. The standard InChI is InChI=1S/C16H29N/c1-3-17-16(12-7-4-6-11(2)10-12)15-13-8-5-9-14(13)15/h11-17H,3-10H2,1-2H3. The van der Waals surface area contributed by atoms with Crippen LogP contribution < -0.4 is 5.32 Å². The molecule has 1 heteroatoms. The highest BCUT2D eigenvalue weighted by Gasteiger charge is 2.56. The van der Waals surface area contributed by atoms with E-state index >= 15 is 0 Å². The zero-order valence-electron chi connectivity index (χ0n) is 11.6. The monoisotopic (exact) mass is 235 g/mol. The van der Waals surface area contributed by atoms with Gasteiger partial charge in [0.25, 0.3) is 0 Å². The molecule has 3 aliphatic rings. The maximum atomic E-state index is 3.86. The Morgan fingerprint density at radius 3 is 2.41 bits per heavy atom. The van der Waals surface area contributed by atoms with Gasteiger partial charge in [0, 0.05) is 6.04 Å². The molecule has 0 radical (unpaired) electrons. The number of hydrogen-bond donors (Lipinski definition) is 1. The third-order valence-electron chi connectivity index (χ3n) is 5.81. The van der Waals surface area contributed by atoms with Gasteiger partial charge in [0.05, 0.1) is 0 Å². The van der Waals surface area contributed by atoms with Crippen molar-refractivity contribution in [3.05, 3.63) is 0 Å². The van der Waals surface area contributed by atoms with Gasteiger partial charge in [-0.2, -0.15) is 0 Å². The highest BCUT2D eigenvalue weighted by Crippen LogP contribution is 2.60. The Labute approximate surface area is 107 Å². The van der Waals surface area contributed by atoms with Crippen molar-refractivity contribution in [2.75, 3.05) is 6.54 Å². The lowest BCUT2D eigenvalue weighted by Crippen LogP contribution is -2.41. The summed E-state index contributed by atoms with van der Waals surface area (Å²) in [6.45, 7) is 5.92. The fourth-order valence-corrected chi connectivity index (χ4v) is 5.07. The minimum Gasteiger partial charge on any atom is -0.314 e. The molecule has 1 nitrogen and oxygen atoms in total. The molecule has 0 bridgehead atoms. The maximum Gasteiger partial charge on any atom is 0.0129 e. The molecule has 3 saturated carbocycles. The summed E-state index contributed by atoms with van der Waals surface area (Å²) in [5, 5.41) is 3.86. The second-order valence-corrected chi connectivity index (χ2v) is 6.95. The van der Waals surface area contributed by atoms with E-state index in [-0.39, 0.29) is 0 Å². The Morgan fingerprint density at radius 1 is 1.06 bits per heavy atom. The average molecular weight is 235 g/mol. The van der Waals surface area contributed by atoms with Gasteiger partial charge in [0.15, 0.2) is 0 Å². The zero-order chi connectivity index (χ0) is 11.8. The van der Waals surface area contributed by atoms with E-state index in [1.54, 1.807) is 12.8 Å². The van der Waals surface area contributed by atoms with Crippen LogP contribution in [0.15, 0.2) is 0 Å². The predicted molar refractivity (Wildman–Crippen MR) is 72.9 cm³/mol. The molecule has 0 aromatic carbocycles. The lowest BCUT2D eigenvalue weighted by molar-refractivity contribution is 0.197. The Balaban J connectivity index is 1.63. The largest absolute Gasteiger partial charge is 0.314 e. The summed E-state index contributed by atoms with van der Waals surface area (Å²) in [7, 11) is 0. The Morgan fingerprint density at radius 2 is 1.76 bits per heavy atom. The molecule has 5 unspecified atom stereocenters. The van der Waals surface area contributed by atoms with E-state index in [0.29, 0.717) is 0 Å². The second-order valence-electron chi connectivity index (χ2n) is 6.95. The third kappa shape index (κ3) is 2.28. The molecule has 0 aromatic heterocycles. The van der Waals surface area contributed by atoms with Crippen molar-refractivity contribution >= 4 is 0 Å². The fourth-order valence-electron chi connectivity index (χ4n) is 5.07. The smallest absolute Gasteiger partial charge is 0.0129 e. The van der Waals surface area contributed by atoms with E-state index in [1.165, 1.54) is 38.6 Å². The van der Waals surface area contributed by atoms with Crippen molar-refractivity contribution in [2.24, 2.45) is 29.6 Å². The van der Waals surface area contributed by atoms with Crippen LogP contribution in [0.3, 0.4) is 0 Å². The molecule has 5 atom stereocenters. The molecular weight excluding hydrogens is 206 g/mol. The lowest BCUT2D eigenvalue weighted by Gasteiger charge is -2.35. The lowest BCUT2D eigenvalue weighted by atomic mass is 9.76. The first-order valence-electron chi connectivity index (χ1n) is 8.04. The number of hydrogen-bond acceptors (Lipinski definition) is 1. The molecule has 17 heavy (non-hydrogen) atoms. The summed E-state index contributed by atoms with van der Waals surface area (Å²) in [6.07, 6.45) is 10.6. The van der Waals surface area contributed by atoms with Crippen LogP contribution in [0.5, 0.6) is 0 Å². The normalized spacial score (nSPS) is 46.6. The Hall–Kier alpha value is -0.0400. The molecule has 3 rings (SSSR count). The van der Waals surface area contributed by atoms with E-state index < -0.39 is 0 Å². The molecular formula is C16H29N. The Bertz CT molecular complexity index is 252. The molecule has 0 aliphatic heterocycles. The van der Waals surface area contributed by atoms with Crippen LogP contribution in [-0.4, -0.2) is 12.6 Å². The topological polar surface area (TPSA) is 12.0 Å². The summed E-state index contributed by atoms with van der Waals surface area (Å²) in [4.78, 5) is 0. The average Bonchev–Trinajstić information content (AvgIpc) is 2.79. The van der Waals surface area contributed by atoms with Gasteiger partial charge in [0.2, 0.25) is 0 Å². The number of fused-ring (bicyclic) bond motifs is 1. The van der Waals surface area contributed by atoms with Gasteiger partial charge in [0.1, 0.15) is 0 Å². The van der Waals surface area contributed by atoms with Crippen molar-refractivity contribution < 1.29 is 0 Å². The van der Waals surface area contributed by atoms with Crippen LogP contribution >= 0.6 is 0 Å². The SMILES string of the molecule is CCNC(C1CCCC(C)C1)C1C2CCCC21. The molecule has 0 heterocycles. The van der Waals surface area contributed by atoms with E-state index in [1.807, 2.05) is 0 Å². The van der Waals surface area contributed by atoms with Crippen LogP contribution in [0.25, 0.3) is 0 Å². The molecule has 0 aromatic rings. The van der Waals surface area contributed by atoms with Crippen LogP contribution in [0.1, 0.15) is 58.8 Å². The van der Waals surface area contributed by atoms with Gasteiger partial charge in [-0.05, 0) is 61.8 Å². The van der Waals surface area contributed by atoms with Gasteiger partial charge in [-0.1, -0.05) is 33.1 Å². The van der Waals surface area contributed by atoms with E-state index in [0.717, 1.165) is 35.6 Å². The highest BCUT2D eigenvalue weighted by atomic mass is 14.9. The first kappa shape index (κ1) is 12.0. The van der Waals surface area contributed by atoms with Gasteiger partial charge in [-0.25, -0.2) is 0 Å². The summed E-state index contributed by atoms with van der Waals surface area (Å²) >= 11 is 0. The first-order chi connectivity index (χ1) is 8.31. The van der Waals surface area contributed by atoms with Crippen molar-refractivity contribution in [3.8, 4) is 0 Å². The van der Waals surface area contributed by atoms with Crippen molar-refractivity contribution in [1.29, 1.82) is 0 Å². The van der Waals surface area contributed by atoms with E-state index in [4.69, 9.17) is 0 Å². The maximum absolute atomic E-state index is 3.86. The molecule has 1 N–H and O–H groups in total. The van der Waals surface area contributed by atoms with Gasteiger partial charge in [-0.15, -0.1) is 0 Å². The van der Waals surface area contributed by atoms with Gasteiger partial charge in [-0.3, -0.25) is 0 Å². The summed E-state index contributed by atoms with van der Waals surface area (Å²) in [5.41, 5.74) is 0. The first-order valence-corrected chi connectivity index (χ1v) is 8.04. The Kier molecular flexibility index (Phi) is 3.47. The quantitative estimate of drug-likeness (QED) is 0.781. The number of rotatable bonds is 4. The molecule has 0 amide bonds. The third-order valence-corrected chi connectivity index (χ3v) is 5.81. The summed E-state index contributed by atoms with van der Waals surface area (Å²) in [5.74, 6) is 5.29. The van der Waals surface area contributed by atoms with Crippen LogP contribution in [0, 0.1) is 29.6 Å². The zero-order valence-corrected chi connectivity index (χ0v) is 11.6. The summed E-state index contributed by atoms with van der Waals surface area (Å²) < 4.78 is 0. The van der Waals surface area contributed by atoms with Crippen LogP contribution in [-0.2, 0) is 0 Å². The molecule has 3 aliphatic carbocycles. The van der Waals surface area contributed by atoms with Crippen LogP contribution in [0.4, 0.5) is 0 Å². The van der Waals surface area contributed by atoms with Crippen molar-refractivity contribution in [1.82, 2.24) is 5.32 Å². The van der Waals surface area contributed by atoms with Crippen molar-refractivity contribution in [3.63, 3.8) is 0 Å². The van der Waals surface area contributed by atoms with E-state index in [9.17, 15) is 0 Å². The predicted octanol–water partition coefficient (Wildman–Crippen LogP) is 3.84. The van der Waals surface area contributed by atoms with Crippen LogP contribution in [0.2, 0.25) is 0 Å². The van der Waals surface area contributed by atoms with Crippen molar-refractivity contribution in [2.45, 2.75) is 64.8 Å². The molecule has 0 saturated heterocycles. The van der Waals surface area contributed by atoms with Gasteiger partial charge >= 0.3 is 0 Å². The minimum atomic E-state index is 0.873. The number of nitrogens with one attached hydrogen (secondary N) is 1. The highest BCUT2D eigenvalue weighted by molar-refractivity contribution is 5.08. The molecule has 0 spiro atoms. The van der Waals surface area contributed by atoms with Gasteiger partial charge < -0.3 is 5.32 Å². The van der Waals surface area contributed by atoms with E-state index in [2.05, 4.69) is 19.2 Å². The second kappa shape index (κ2) is 4.91. The fraction of sp³-hybridized carbons (Fsp3) is 1.00. The molecule has 98 valence electrons. The minimum absolute atomic E-state index is 0.873.